The molecule has 0 unspecified atom stereocenters. The zero-order valence-electron chi connectivity index (χ0n) is 15.1. The Bertz CT molecular complexity index is 1210. The van der Waals surface area contributed by atoms with Crippen molar-refractivity contribution >= 4 is 38.9 Å². The number of carbonyl (C=O) groups is 2. The number of nitrogens with one attached hydrogen (secondary N) is 1. The first-order valence-corrected chi connectivity index (χ1v) is 10.6. The number of aromatic nitrogens is 2. The van der Waals surface area contributed by atoms with Crippen LogP contribution in [0.3, 0.4) is 0 Å². The number of anilines is 1. The average molecular weight is 432 g/mol. The van der Waals surface area contributed by atoms with Crippen LogP contribution < -0.4 is 10.1 Å². The molecular formula is C18H16N4O5S2. The van der Waals surface area contributed by atoms with Gasteiger partial charge in [0, 0.05) is 5.69 Å². The molecule has 2 N–H and O–H groups in total. The maximum absolute atomic E-state index is 12.5. The number of rotatable bonds is 6. The molecule has 0 aliphatic rings. The molecule has 0 saturated heterocycles. The van der Waals surface area contributed by atoms with Gasteiger partial charge in [-0.25, -0.2) is 9.48 Å². The topological polar surface area (TPSA) is 131 Å². The Labute approximate surface area is 170 Å². The van der Waals surface area contributed by atoms with E-state index in [1.165, 1.54) is 46.6 Å². The number of hydrogen-bond donors (Lipinski definition) is 2. The maximum atomic E-state index is 12.5. The van der Waals surface area contributed by atoms with E-state index in [1.54, 1.807) is 12.1 Å². The molecule has 3 aromatic rings. The van der Waals surface area contributed by atoms with Crippen molar-refractivity contribution in [2.75, 3.05) is 5.32 Å². The summed E-state index contributed by atoms with van der Waals surface area (Å²) in [7, 11) is -3.94. The number of nitrogens with zero attached hydrogens (tertiary/aromatic N) is 3. The van der Waals surface area contributed by atoms with Gasteiger partial charge in [-0.3, -0.25) is 4.79 Å². The minimum absolute atomic E-state index is 0.0472. The molecule has 150 valence electrons. The fourth-order valence-corrected chi connectivity index (χ4v) is 4.15. The van der Waals surface area contributed by atoms with Crippen LogP contribution in [0.25, 0.3) is 0 Å². The number of carboxylic acids is 1. The van der Waals surface area contributed by atoms with E-state index in [2.05, 4.69) is 14.8 Å². The van der Waals surface area contributed by atoms with Gasteiger partial charge in [-0.05, 0) is 43.3 Å². The van der Waals surface area contributed by atoms with Crippen molar-refractivity contribution in [1.82, 2.24) is 9.78 Å². The fourth-order valence-electron chi connectivity index (χ4n) is 2.31. The molecule has 0 aliphatic carbocycles. The number of carbonyl (C=O) groups excluding carboxylic acids is 1. The second kappa shape index (κ2) is 8.37. The van der Waals surface area contributed by atoms with Crippen LogP contribution in [0.15, 0.2) is 63.3 Å². The molecule has 2 aromatic carbocycles. The van der Waals surface area contributed by atoms with Gasteiger partial charge < -0.3 is 10.4 Å². The number of carboxylic acid groups (broad SMARTS) is 1. The highest BCUT2D eigenvalue weighted by Gasteiger charge is 2.14. The highest BCUT2D eigenvalue weighted by atomic mass is 32.2. The van der Waals surface area contributed by atoms with Crippen molar-refractivity contribution in [3.63, 3.8) is 0 Å². The van der Waals surface area contributed by atoms with Gasteiger partial charge in [0.15, 0.2) is 0 Å². The van der Waals surface area contributed by atoms with E-state index in [0.29, 0.717) is 5.69 Å². The molecule has 0 saturated carbocycles. The minimum atomic E-state index is -3.94. The summed E-state index contributed by atoms with van der Waals surface area (Å²) in [6.07, 6.45) is 0. The van der Waals surface area contributed by atoms with Crippen LogP contribution >= 0.6 is 11.3 Å². The third kappa shape index (κ3) is 5.15. The van der Waals surface area contributed by atoms with Crippen LogP contribution in [0.5, 0.6) is 0 Å². The third-order valence-corrected chi connectivity index (χ3v) is 5.90. The molecule has 9 nitrogen and oxygen atoms in total. The number of amides is 1. The first kappa shape index (κ1) is 20.4. The van der Waals surface area contributed by atoms with Crippen LogP contribution in [-0.4, -0.2) is 35.2 Å². The molecule has 1 aromatic heterocycles. The van der Waals surface area contributed by atoms with Gasteiger partial charge in [0.1, 0.15) is 12.1 Å². The fraction of sp³-hybridized carbons (Fsp3) is 0.111. The van der Waals surface area contributed by atoms with Gasteiger partial charge in [-0.2, -0.15) is 13.5 Å². The number of sulfonamides is 1. The Balaban J connectivity index is 1.77. The monoisotopic (exact) mass is 432 g/mol. The van der Waals surface area contributed by atoms with Gasteiger partial charge in [-0.1, -0.05) is 29.0 Å². The molecule has 0 bridgehead atoms. The van der Waals surface area contributed by atoms with Gasteiger partial charge >= 0.3 is 5.97 Å². The van der Waals surface area contributed by atoms with Crippen molar-refractivity contribution in [3.8, 4) is 0 Å². The quantitative estimate of drug-likeness (QED) is 0.611. The van der Waals surface area contributed by atoms with E-state index < -0.39 is 21.9 Å². The van der Waals surface area contributed by atoms with Gasteiger partial charge in [0.05, 0.1) is 10.5 Å². The van der Waals surface area contributed by atoms with Gasteiger partial charge in [0.25, 0.3) is 10.0 Å². The molecule has 0 aliphatic heterocycles. The molecule has 1 heterocycles. The summed E-state index contributed by atoms with van der Waals surface area (Å²) in [6, 6.07) is 11.9. The highest BCUT2D eigenvalue weighted by Crippen LogP contribution is 2.13. The van der Waals surface area contributed by atoms with Crippen LogP contribution in [0.1, 0.15) is 15.9 Å². The van der Waals surface area contributed by atoms with Crippen molar-refractivity contribution in [1.29, 1.82) is 0 Å². The Morgan fingerprint density at radius 2 is 1.79 bits per heavy atom. The van der Waals surface area contributed by atoms with E-state index in [-0.39, 0.29) is 21.8 Å². The minimum Gasteiger partial charge on any atom is -0.478 e. The number of aryl methyl sites for hydroxylation is 1. The first-order valence-electron chi connectivity index (χ1n) is 8.26. The van der Waals surface area contributed by atoms with Crippen LogP contribution in [0, 0.1) is 6.92 Å². The molecule has 0 fully saturated rings. The molecule has 0 atom stereocenters. The Kier molecular flexibility index (Phi) is 5.89. The van der Waals surface area contributed by atoms with Gasteiger partial charge in [0.2, 0.25) is 10.7 Å². The van der Waals surface area contributed by atoms with E-state index in [4.69, 9.17) is 5.11 Å². The second-order valence-corrected chi connectivity index (χ2v) is 8.40. The van der Waals surface area contributed by atoms with Crippen molar-refractivity contribution in [2.45, 2.75) is 18.4 Å². The largest absolute Gasteiger partial charge is 0.478 e. The zero-order valence-corrected chi connectivity index (χ0v) is 16.8. The SMILES string of the molecule is Cc1ccc(S(=O)(=O)N=c2scnn2CC(=O)Nc2ccc(C(=O)O)cc2)cc1. The summed E-state index contributed by atoms with van der Waals surface area (Å²) in [6.45, 7) is 1.59. The van der Waals surface area contributed by atoms with Crippen LogP contribution in [0.2, 0.25) is 0 Å². The zero-order chi connectivity index (χ0) is 21.0. The molecule has 1 amide bonds. The normalized spacial score (nSPS) is 12.0. The van der Waals surface area contributed by atoms with Crippen LogP contribution in [0.4, 0.5) is 5.69 Å². The van der Waals surface area contributed by atoms with Crippen molar-refractivity contribution in [2.24, 2.45) is 4.40 Å². The van der Waals surface area contributed by atoms with E-state index in [1.807, 2.05) is 6.92 Å². The predicted molar refractivity (Wildman–Crippen MR) is 106 cm³/mol. The lowest BCUT2D eigenvalue weighted by molar-refractivity contribution is -0.117. The van der Waals surface area contributed by atoms with Crippen molar-refractivity contribution < 1.29 is 23.1 Å². The lowest BCUT2D eigenvalue weighted by Crippen LogP contribution is -2.26. The first-order chi connectivity index (χ1) is 13.7. The summed E-state index contributed by atoms with van der Waals surface area (Å²) in [5.41, 5.74) is 2.81. The maximum Gasteiger partial charge on any atom is 0.335 e. The molecule has 29 heavy (non-hydrogen) atoms. The summed E-state index contributed by atoms with van der Waals surface area (Å²) >= 11 is 0.988. The second-order valence-electron chi connectivity index (χ2n) is 5.99. The molecule has 11 heteroatoms. The molecule has 0 radical (unpaired) electrons. The number of aromatic carboxylic acids is 1. The smallest absolute Gasteiger partial charge is 0.335 e. The van der Waals surface area contributed by atoms with E-state index in [0.717, 1.165) is 16.9 Å². The lowest BCUT2D eigenvalue weighted by Gasteiger charge is -2.06. The van der Waals surface area contributed by atoms with Gasteiger partial charge in [-0.15, -0.1) is 4.40 Å². The van der Waals surface area contributed by atoms with E-state index >= 15 is 0 Å². The molecular weight excluding hydrogens is 416 g/mol. The Hall–Kier alpha value is -3.31. The van der Waals surface area contributed by atoms with Crippen molar-refractivity contribution in [3.05, 3.63) is 70.0 Å². The lowest BCUT2D eigenvalue weighted by atomic mass is 10.2. The number of benzene rings is 2. The standard InChI is InChI=1S/C18H16N4O5S2/c1-12-2-8-15(9-3-12)29(26,27)21-18-22(19-11-28-18)10-16(23)20-14-6-4-13(5-7-14)17(24)25/h2-9,11H,10H2,1H3,(H,20,23)(H,24,25). The third-order valence-electron chi connectivity index (χ3n) is 3.79. The highest BCUT2D eigenvalue weighted by molar-refractivity contribution is 7.90. The Morgan fingerprint density at radius 3 is 2.41 bits per heavy atom. The van der Waals surface area contributed by atoms with Crippen LogP contribution in [-0.2, 0) is 21.4 Å². The Morgan fingerprint density at radius 1 is 1.14 bits per heavy atom. The summed E-state index contributed by atoms with van der Waals surface area (Å²) in [5.74, 6) is -1.53. The summed E-state index contributed by atoms with van der Waals surface area (Å²) in [4.78, 5) is 23.2. The number of hydrogen-bond acceptors (Lipinski definition) is 6. The summed E-state index contributed by atoms with van der Waals surface area (Å²) < 4.78 is 29.9. The molecule has 0 spiro atoms. The predicted octanol–water partition coefficient (Wildman–Crippen LogP) is 1.88. The molecule has 3 rings (SSSR count). The summed E-state index contributed by atoms with van der Waals surface area (Å²) in [5, 5.41) is 15.5. The average Bonchev–Trinajstić information content (AvgIpc) is 3.08. The van der Waals surface area contributed by atoms with E-state index in [9.17, 15) is 18.0 Å².